The summed E-state index contributed by atoms with van der Waals surface area (Å²) in [6.45, 7) is 7.47. The van der Waals surface area contributed by atoms with Crippen LogP contribution in [-0.4, -0.2) is 7.22 Å². The Hall–Kier alpha value is 1.18. The van der Waals surface area contributed by atoms with Crippen molar-refractivity contribution in [3.8, 4) is 0 Å². The van der Waals surface area contributed by atoms with Crippen molar-refractivity contribution in [1.29, 1.82) is 0 Å². The first-order valence-corrected chi connectivity index (χ1v) is 14.5. The van der Waals surface area contributed by atoms with Gasteiger partial charge >= 0.3 is 0 Å². The topological polar surface area (TPSA) is 0 Å². The SMILES string of the molecule is C[Si](C)(C)[SH]1C=Cc2c1sc1c(Br)c(I)sc21. The van der Waals surface area contributed by atoms with Crippen LogP contribution in [0.15, 0.2) is 14.1 Å². The van der Waals surface area contributed by atoms with E-state index in [-0.39, 0.29) is 10.3 Å². The quantitative estimate of drug-likeness (QED) is 0.272. The van der Waals surface area contributed by atoms with Gasteiger partial charge in [-0.2, -0.15) is 0 Å². The molecule has 6 heteroatoms. The Bertz CT molecular complexity index is 635. The number of hydrogen-bond acceptors (Lipinski definition) is 2. The van der Waals surface area contributed by atoms with Crippen molar-refractivity contribution >= 4 is 94.2 Å². The van der Waals surface area contributed by atoms with E-state index < -0.39 is 7.22 Å². The van der Waals surface area contributed by atoms with Gasteiger partial charge < -0.3 is 0 Å². The van der Waals surface area contributed by atoms with Gasteiger partial charge in [0, 0.05) is 9.77 Å². The Kier molecular flexibility index (Phi) is 3.36. The van der Waals surface area contributed by atoms with E-state index in [4.69, 9.17) is 0 Å². The fraction of sp³-hybridized carbons (Fsp3) is 0.273. The van der Waals surface area contributed by atoms with Gasteiger partial charge in [-0.1, -0.05) is 19.6 Å². The highest BCUT2D eigenvalue weighted by atomic mass is 127. The van der Waals surface area contributed by atoms with Crippen molar-refractivity contribution in [3.05, 3.63) is 18.3 Å². The molecule has 0 nitrogen and oxygen atoms in total. The Labute approximate surface area is 135 Å². The lowest BCUT2D eigenvalue weighted by atomic mass is 10.3. The standard InChI is InChI=1S/C11H12BrIS3Si/c1-17(2,3)16-5-4-6-8-9(15-11(6)16)7(12)10(13)14-8/h4-5,16H,1-3H3. The maximum atomic E-state index is 3.73. The Balaban J connectivity index is 2.25. The lowest BCUT2D eigenvalue weighted by Gasteiger charge is -2.27. The molecule has 0 radical (unpaired) electrons. The predicted octanol–water partition coefficient (Wildman–Crippen LogP) is 6.51. The zero-order valence-corrected chi connectivity index (χ0v) is 16.9. The minimum absolute atomic E-state index is 0.0151. The molecular formula is C11H12BrIS3Si. The van der Waals surface area contributed by atoms with E-state index in [9.17, 15) is 0 Å². The molecule has 1 unspecified atom stereocenters. The highest BCUT2D eigenvalue weighted by molar-refractivity contribution is 14.1. The largest absolute Gasteiger partial charge is 0.210 e. The van der Waals surface area contributed by atoms with E-state index in [1.165, 1.54) is 22.3 Å². The molecule has 2 aromatic rings. The van der Waals surface area contributed by atoms with E-state index in [1.807, 2.05) is 22.7 Å². The van der Waals surface area contributed by atoms with Crippen LogP contribution in [0.1, 0.15) is 5.56 Å². The van der Waals surface area contributed by atoms with Crippen molar-refractivity contribution in [2.45, 2.75) is 23.9 Å². The molecular weight excluding hydrogens is 463 g/mol. The molecule has 0 amide bonds. The summed E-state index contributed by atoms with van der Waals surface area (Å²) in [4.78, 5) is 0. The Morgan fingerprint density at radius 3 is 2.59 bits per heavy atom. The van der Waals surface area contributed by atoms with Gasteiger partial charge in [0.1, 0.15) is 0 Å². The molecule has 3 heterocycles. The molecule has 2 aromatic heterocycles. The summed E-state index contributed by atoms with van der Waals surface area (Å²) in [5.41, 5.74) is 1.53. The van der Waals surface area contributed by atoms with Crippen molar-refractivity contribution in [1.82, 2.24) is 0 Å². The molecule has 0 bridgehead atoms. The fourth-order valence-electron chi connectivity index (χ4n) is 1.96. The monoisotopic (exact) mass is 474 g/mol. The van der Waals surface area contributed by atoms with Crippen molar-refractivity contribution < 1.29 is 0 Å². The van der Waals surface area contributed by atoms with E-state index in [2.05, 4.69) is 69.6 Å². The van der Waals surface area contributed by atoms with Crippen LogP contribution in [0.5, 0.6) is 0 Å². The van der Waals surface area contributed by atoms with Gasteiger partial charge in [0.15, 0.2) is 0 Å². The second-order valence-corrected chi connectivity index (χ2v) is 21.3. The van der Waals surface area contributed by atoms with Crippen LogP contribution in [0.3, 0.4) is 0 Å². The van der Waals surface area contributed by atoms with Crippen LogP contribution in [-0.2, 0) is 0 Å². The van der Waals surface area contributed by atoms with Gasteiger partial charge in [-0.3, -0.25) is 0 Å². The molecule has 0 saturated carbocycles. The van der Waals surface area contributed by atoms with Crippen LogP contribution in [0, 0.1) is 2.88 Å². The third kappa shape index (κ3) is 2.03. The Morgan fingerprint density at radius 1 is 1.24 bits per heavy atom. The molecule has 17 heavy (non-hydrogen) atoms. The molecule has 1 aliphatic heterocycles. The second kappa shape index (κ2) is 4.34. The molecule has 0 aromatic carbocycles. The zero-order chi connectivity index (χ0) is 12.4. The first-order chi connectivity index (χ1) is 7.89. The highest BCUT2D eigenvalue weighted by Crippen LogP contribution is 2.60. The molecule has 0 saturated heterocycles. The molecule has 3 rings (SSSR count). The minimum atomic E-state index is -1.07. The maximum Gasteiger partial charge on any atom is 0.0958 e. The summed E-state index contributed by atoms with van der Waals surface area (Å²) in [7, 11) is -1.05. The van der Waals surface area contributed by atoms with Gasteiger partial charge in [-0.15, -0.1) is 22.7 Å². The minimum Gasteiger partial charge on any atom is -0.210 e. The van der Waals surface area contributed by atoms with Crippen LogP contribution >= 0.6 is 71.5 Å². The lowest BCUT2D eigenvalue weighted by Crippen LogP contribution is -2.18. The lowest BCUT2D eigenvalue weighted by molar-refractivity contribution is 1.73. The third-order valence-electron chi connectivity index (χ3n) is 2.78. The summed E-state index contributed by atoms with van der Waals surface area (Å²) in [5.74, 6) is 0. The summed E-state index contributed by atoms with van der Waals surface area (Å²) in [6, 6.07) is 0. The van der Waals surface area contributed by atoms with Crippen molar-refractivity contribution in [3.63, 3.8) is 0 Å². The maximum absolute atomic E-state index is 3.73. The van der Waals surface area contributed by atoms with Crippen molar-refractivity contribution in [2.24, 2.45) is 0 Å². The number of halogens is 2. The van der Waals surface area contributed by atoms with E-state index >= 15 is 0 Å². The average molecular weight is 475 g/mol. The number of thiophene rings is 2. The van der Waals surface area contributed by atoms with Crippen LogP contribution in [0.25, 0.3) is 15.5 Å². The van der Waals surface area contributed by atoms with Gasteiger partial charge in [-0.05, 0) is 50.0 Å². The van der Waals surface area contributed by atoms with E-state index in [0.29, 0.717) is 0 Å². The summed E-state index contributed by atoms with van der Waals surface area (Å²) >= 11 is 10.1. The zero-order valence-electron chi connectivity index (χ0n) is 9.67. The van der Waals surface area contributed by atoms with E-state index in [0.717, 1.165) is 0 Å². The van der Waals surface area contributed by atoms with Gasteiger partial charge in [-0.25, -0.2) is 10.3 Å². The number of hydrogen-bond donors (Lipinski definition) is 1. The predicted molar refractivity (Wildman–Crippen MR) is 99.8 cm³/mol. The number of rotatable bonds is 1. The average Bonchev–Trinajstić information content (AvgIpc) is 2.81. The van der Waals surface area contributed by atoms with Gasteiger partial charge in [0.05, 0.1) is 24.0 Å². The van der Waals surface area contributed by atoms with Crippen LogP contribution in [0.4, 0.5) is 0 Å². The highest BCUT2D eigenvalue weighted by Gasteiger charge is 2.31. The smallest absolute Gasteiger partial charge is 0.0958 e. The molecule has 0 aliphatic carbocycles. The number of thiol groups is 1. The molecule has 0 fully saturated rings. The molecule has 92 valence electrons. The third-order valence-corrected chi connectivity index (χ3v) is 17.6. The first-order valence-electron chi connectivity index (χ1n) is 5.27. The molecule has 0 spiro atoms. The second-order valence-electron chi connectivity index (χ2n) is 5.03. The first kappa shape index (κ1) is 13.2. The van der Waals surface area contributed by atoms with Crippen LogP contribution < -0.4 is 0 Å². The van der Waals surface area contributed by atoms with Gasteiger partial charge in [0.2, 0.25) is 0 Å². The molecule has 1 aliphatic rings. The molecule has 0 N–H and O–H groups in total. The Morgan fingerprint density at radius 2 is 1.94 bits per heavy atom. The van der Waals surface area contributed by atoms with Gasteiger partial charge in [0.25, 0.3) is 0 Å². The fourth-order valence-corrected chi connectivity index (χ4v) is 15.5. The summed E-state index contributed by atoms with van der Waals surface area (Å²) in [6.07, 6.45) is 2.39. The molecule has 1 atom stereocenters. The number of fused-ring (bicyclic) bond motifs is 3. The van der Waals surface area contributed by atoms with Crippen molar-refractivity contribution in [2.75, 3.05) is 0 Å². The summed E-state index contributed by atoms with van der Waals surface area (Å²) in [5, 5.41) is 2.50. The van der Waals surface area contributed by atoms with E-state index in [1.54, 1.807) is 4.21 Å². The normalized spacial score (nSPS) is 21.4. The van der Waals surface area contributed by atoms with Crippen LogP contribution in [0.2, 0.25) is 19.6 Å². The summed E-state index contributed by atoms with van der Waals surface area (Å²) < 4.78 is 7.35.